The van der Waals surface area contributed by atoms with E-state index in [2.05, 4.69) is 44.6 Å². The highest BCUT2D eigenvalue weighted by molar-refractivity contribution is 9.09. The van der Waals surface area contributed by atoms with Gasteiger partial charge in [-0.2, -0.15) is 0 Å². The zero-order valence-electron chi connectivity index (χ0n) is 8.16. The van der Waals surface area contributed by atoms with Crippen LogP contribution in [0.1, 0.15) is 13.8 Å². The molecular weight excluding hydrogens is 230 g/mol. The summed E-state index contributed by atoms with van der Waals surface area (Å²) >= 11 is 3.48. The third-order valence-electron chi connectivity index (χ3n) is 2.15. The number of halogens is 1. The highest BCUT2D eigenvalue weighted by Crippen LogP contribution is 2.20. The summed E-state index contributed by atoms with van der Waals surface area (Å²) in [5, 5.41) is 0.903. The fourth-order valence-corrected chi connectivity index (χ4v) is 1.26. The lowest BCUT2D eigenvalue weighted by atomic mass is 10.1. The normalized spacial score (nSPS) is 11.4. The van der Waals surface area contributed by atoms with Crippen LogP contribution in [-0.2, 0) is 0 Å². The standard InChI is InChI=1S/C9H14BrN3/c1-9(2,6-10)13(3)8-4-5-11-7-12-8/h4-5,7H,6H2,1-3H3. The number of hydrogen-bond donors (Lipinski definition) is 0. The van der Waals surface area contributed by atoms with Crippen molar-refractivity contribution in [3.8, 4) is 0 Å². The van der Waals surface area contributed by atoms with Crippen LogP contribution in [0.4, 0.5) is 5.82 Å². The van der Waals surface area contributed by atoms with E-state index >= 15 is 0 Å². The molecule has 1 aromatic rings. The summed E-state index contributed by atoms with van der Waals surface area (Å²) in [5.74, 6) is 0.944. The summed E-state index contributed by atoms with van der Waals surface area (Å²) in [5.41, 5.74) is 0.0638. The lowest BCUT2D eigenvalue weighted by Crippen LogP contribution is -2.43. The summed E-state index contributed by atoms with van der Waals surface area (Å²) in [4.78, 5) is 10.2. The minimum atomic E-state index is 0.0638. The average Bonchev–Trinajstić information content (AvgIpc) is 2.18. The predicted molar refractivity (Wildman–Crippen MR) is 58.3 cm³/mol. The van der Waals surface area contributed by atoms with Crippen LogP contribution in [-0.4, -0.2) is 27.9 Å². The molecule has 3 nitrogen and oxygen atoms in total. The molecule has 1 rings (SSSR count). The molecule has 0 spiro atoms. The van der Waals surface area contributed by atoms with Gasteiger partial charge in [0.15, 0.2) is 0 Å². The first kappa shape index (κ1) is 10.4. The topological polar surface area (TPSA) is 29.0 Å². The van der Waals surface area contributed by atoms with E-state index in [0.29, 0.717) is 0 Å². The van der Waals surface area contributed by atoms with Crippen molar-refractivity contribution in [3.05, 3.63) is 18.6 Å². The fraction of sp³-hybridized carbons (Fsp3) is 0.556. The van der Waals surface area contributed by atoms with Gasteiger partial charge in [-0.25, -0.2) is 9.97 Å². The zero-order chi connectivity index (χ0) is 9.90. The van der Waals surface area contributed by atoms with Crippen LogP contribution < -0.4 is 4.90 Å². The molecule has 1 heterocycles. The molecule has 0 radical (unpaired) electrons. The second-order valence-corrected chi connectivity index (χ2v) is 4.13. The first-order chi connectivity index (χ1) is 6.08. The Balaban J connectivity index is 2.85. The number of rotatable bonds is 3. The lowest BCUT2D eigenvalue weighted by molar-refractivity contribution is 0.546. The molecular formula is C9H14BrN3. The van der Waals surface area contributed by atoms with Crippen molar-refractivity contribution in [2.45, 2.75) is 19.4 Å². The van der Waals surface area contributed by atoms with Crippen molar-refractivity contribution in [2.75, 3.05) is 17.3 Å². The van der Waals surface area contributed by atoms with E-state index in [4.69, 9.17) is 0 Å². The van der Waals surface area contributed by atoms with Crippen molar-refractivity contribution in [1.82, 2.24) is 9.97 Å². The van der Waals surface area contributed by atoms with Gasteiger partial charge in [0.1, 0.15) is 12.1 Å². The van der Waals surface area contributed by atoms with Crippen LogP contribution in [0.2, 0.25) is 0 Å². The number of alkyl halides is 1. The molecule has 0 aromatic carbocycles. The van der Waals surface area contributed by atoms with Crippen molar-refractivity contribution in [1.29, 1.82) is 0 Å². The van der Waals surface area contributed by atoms with Gasteiger partial charge in [-0.3, -0.25) is 0 Å². The molecule has 4 heteroatoms. The SMILES string of the molecule is CN(c1ccncn1)C(C)(C)CBr. The van der Waals surface area contributed by atoms with Gasteiger partial charge in [0.05, 0.1) is 0 Å². The number of hydrogen-bond acceptors (Lipinski definition) is 3. The average molecular weight is 244 g/mol. The zero-order valence-corrected chi connectivity index (χ0v) is 9.74. The smallest absolute Gasteiger partial charge is 0.132 e. The van der Waals surface area contributed by atoms with Crippen molar-refractivity contribution in [3.63, 3.8) is 0 Å². The molecule has 0 aliphatic heterocycles. The molecule has 0 atom stereocenters. The molecule has 1 aromatic heterocycles. The Kier molecular flexibility index (Phi) is 3.25. The molecule has 13 heavy (non-hydrogen) atoms. The van der Waals surface area contributed by atoms with Crippen molar-refractivity contribution < 1.29 is 0 Å². The van der Waals surface area contributed by atoms with Crippen LogP contribution in [0.3, 0.4) is 0 Å². The summed E-state index contributed by atoms with van der Waals surface area (Å²) in [6, 6.07) is 1.91. The van der Waals surface area contributed by atoms with Gasteiger partial charge < -0.3 is 4.90 Å². The highest BCUT2D eigenvalue weighted by atomic mass is 79.9. The van der Waals surface area contributed by atoms with Crippen molar-refractivity contribution >= 4 is 21.7 Å². The maximum Gasteiger partial charge on any atom is 0.132 e. The number of anilines is 1. The van der Waals surface area contributed by atoms with Gasteiger partial charge in [-0.05, 0) is 19.9 Å². The molecule has 0 bridgehead atoms. The monoisotopic (exact) mass is 243 g/mol. The molecule has 0 aliphatic rings. The van der Waals surface area contributed by atoms with Gasteiger partial charge in [0, 0.05) is 24.1 Å². The van der Waals surface area contributed by atoms with E-state index in [1.165, 1.54) is 0 Å². The Morgan fingerprint density at radius 1 is 1.54 bits per heavy atom. The minimum absolute atomic E-state index is 0.0638. The number of nitrogens with zero attached hydrogens (tertiary/aromatic N) is 3. The molecule has 0 saturated heterocycles. The van der Waals surface area contributed by atoms with Gasteiger partial charge in [-0.1, -0.05) is 15.9 Å². The van der Waals surface area contributed by atoms with Crippen LogP contribution in [0.25, 0.3) is 0 Å². The Bertz CT molecular complexity index is 261. The Morgan fingerprint density at radius 3 is 2.69 bits per heavy atom. The first-order valence-corrected chi connectivity index (χ1v) is 5.26. The fourth-order valence-electron chi connectivity index (χ4n) is 0.882. The highest BCUT2D eigenvalue weighted by Gasteiger charge is 2.22. The predicted octanol–water partition coefficient (Wildman–Crippen LogP) is 2.09. The van der Waals surface area contributed by atoms with E-state index in [9.17, 15) is 0 Å². The van der Waals surface area contributed by atoms with Crippen LogP contribution >= 0.6 is 15.9 Å². The summed E-state index contributed by atoms with van der Waals surface area (Å²) in [6.07, 6.45) is 3.32. The molecule has 0 fully saturated rings. The molecule has 72 valence electrons. The molecule has 0 aliphatic carbocycles. The largest absolute Gasteiger partial charge is 0.354 e. The Labute approximate surface area is 87.3 Å². The first-order valence-electron chi connectivity index (χ1n) is 4.14. The van der Waals surface area contributed by atoms with Crippen LogP contribution in [0.15, 0.2) is 18.6 Å². The molecule has 0 N–H and O–H groups in total. The van der Waals surface area contributed by atoms with Gasteiger partial charge in [0.25, 0.3) is 0 Å². The minimum Gasteiger partial charge on any atom is -0.354 e. The van der Waals surface area contributed by atoms with E-state index in [1.54, 1.807) is 12.5 Å². The quantitative estimate of drug-likeness (QED) is 0.762. The lowest BCUT2D eigenvalue weighted by Gasteiger charge is -2.34. The molecule has 0 amide bonds. The molecule has 0 saturated carbocycles. The Hall–Kier alpha value is -0.640. The van der Waals surface area contributed by atoms with E-state index in [0.717, 1.165) is 11.1 Å². The summed E-state index contributed by atoms with van der Waals surface area (Å²) < 4.78 is 0. The van der Waals surface area contributed by atoms with E-state index in [-0.39, 0.29) is 5.54 Å². The van der Waals surface area contributed by atoms with Crippen molar-refractivity contribution in [2.24, 2.45) is 0 Å². The summed E-state index contributed by atoms with van der Waals surface area (Å²) in [6.45, 7) is 4.31. The third kappa shape index (κ3) is 2.40. The molecule has 0 unspecified atom stereocenters. The van der Waals surface area contributed by atoms with Crippen LogP contribution in [0.5, 0.6) is 0 Å². The van der Waals surface area contributed by atoms with E-state index < -0.39 is 0 Å². The summed E-state index contributed by atoms with van der Waals surface area (Å²) in [7, 11) is 2.03. The van der Waals surface area contributed by atoms with Gasteiger partial charge in [-0.15, -0.1) is 0 Å². The van der Waals surface area contributed by atoms with E-state index in [1.807, 2.05) is 13.1 Å². The number of aromatic nitrogens is 2. The second-order valence-electron chi connectivity index (χ2n) is 3.57. The van der Waals surface area contributed by atoms with Gasteiger partial charge >= 0.3 is 0 Å². The van der Waals surface area contributed by atoms with Gasteiger partial charge in [0.2, 0.25) is 0 Å². The van der Waals surface area contributed by atoms with Crippen LogP contribution in [0, 0.1) is 0 Å². The Morgan fingerprint density at radius 2 is 2.23 bits per heavy atom. The second kappa shape index (κ2) is 4.05. The maximum atomic E-state index is 4.19. The maximum absolute atomic E-state index is 4.19. The third-order valence-corrected chi connectivity index (χ3v) is 3.52.